The van der Waals surface area contributed by atoms with Crippen LogP contribution in [0.4, 0.5) is 13.2 Å². The molecule has 9 heteroatoms. The number of aliphatic hydroxyl groups excluding tert-OH is 1. The molecule has 1 heterocycles. The number of alkyl halides is 3. The van der Waals surface area contributed by atoms with Crippen LogP contribution >= 0.6 is 11.9 Å². The van der Waals surface area contributed by atoms with Gasteiger partial charge in [-0.15, -0.1) is 0 Å². The summed E-state index contributed by atoms with van der Waals surface area (Å²) in [5.74, 6) is 0.166. The fourth-order valence-corrected chi connectivity index (χ4v) is 3.49. The molecule has 1 aromatic carbocycles. The zero-order valence-corrected chi connectivity index (χ0v) is 18.1. The topological polar surface area (TPSA) is 67.5 Å². The molecule has 0 radical (unpaired) electrons. The van der Waals surface area contributed by atoms with Crippen molar-refractivity contribution in [1.29, 1.82) is 0 Å². The maximum Gasteiger partial charge on any atom is 0.419 e. The van der Waals surface area contributed by atoms with Gasteiger partial charge in [-0.05, 0) is 30.9 Å². The van der Waals surface area contributed by atoms with Gasteiger partial charge in [0.1, 0.15) is 17.5 Å². The molecule has 2 N–H and O–H groups in total. The van der Waals surface area contributed by atoms with Crippen LogP contribution in [0.1, 0.15) is 62.8 Å². The van der Waals surface area contributed by atoms with Crippen LogP contribution in [-0.2, 0) is 6.18 Å². The van der Waals surface area contributed by atoms with E-state index in [1.54, 1.807) is 6.26 Å². The van der Waals surface area contributed by atoms with Gasteiger partial charge >= 0.3 is 6.18 Å². The number of nitrogens with zero attached hydrogens (tertiary/aromatic N) is 1. The van der Waals surface area contributed by atoms with Crippen LogP contribution in [0.25, 0.3) is 11.3 Å². The van der Waals surface area contributed by atoms with Crippen molar-refractivity contribution < 1.29 is 27.5 Å². The highest BCUT2D eigenvalue weighted by Crippen LogP contribution is 2.39. The lowest BCUT2D eigenvalue weighted by atomic mass is 10.1. The molecule has 0 aliphatic rings. The molecule has 0 saturated carbocycles. The standard InChI is InChI=1S/C21H29F3N2O3S/c1-3-4-5-6-7-8-11-28-19-10-9-15(12-16(19)21(22,23)24)17-13-20(29-25-17)18(14-27)26-30-2/h9-10,12-13,18,26-27H,3-8,11,14H2,1-2H3. The second-order valence-corrected chi connectivity index (χ2v) is 7.64. The van der Waals surface area contributed by atoms with Gasteiger partial charge in [-0.1, -0.05) is 56.1 Å². The Morgan fingerprint density at radius 2 is 1.90 bits per heavy atom. The number of ether oxygens (including phenoxy) is 1. The van der Waals surface area contributed by atoms with Crippen molar-refractivity contribution in [3.63, 3.8) is 0 Å². The maximum absolute atomic E-state index is 13.6. The Hall–Kier alpha value is -1.71. The molecular formula is C21H29F3N2O3S. The zero-order valence-electron chi connectivity index (χ0n) is 17.3. The third-order valence-electron chi connectivity index (χ3n) is 4.65. The van der Waals surface area contributed by atoms with Crippen LogP contribution in [0.15, 0.2) is 28.8 Å². The fraction of sp³-hybridized carbons (Fsp3) is 0.571. The van der Waals surface area contributed by atoms with E-state index in [9.17, 15) is 18.3 Å². The highest BCUT2D eigenvalue weighted by molar-refractivity contribution is 7.96. The number of nitrogens with one attached hydrogen (secondary N) is 1. The summed E-state index contributed by atoms with van der Waals surface area (Å²) >= 11 is 1.29. The van der Waals surface area contributed by atoms with E-state index < -0.39 is 17.8 Å². The van der Waals surface area contributed by atoms with Gasteiger partial charge in [-0.2, -0.15) is 13.2 Å². The van der Waals surface area contributed by atoms with Crippen LogP contribution < -0.4 is 9.46 Å². The van der Waals surface area contributed by atoms with Gasteiger partial charge in [0.05, 0.1) is 18.8 Å². The first kappa shape index (κ1) is 24.6. The van der Waals surface area contributed by atoms with E-state index in [0.29, 0.717) is 5.76 Å². The first-order valence-electron chi connectivity index (χ1n) is 10.1. The minimum absolute atomic E-state index is 0.180. The average Bonchev–Trinajstić information content (AvgIpc) is 3.20. The third-order valence-corrected chi connectivity index (χ3v) is 5.17. The fourth-order valence-electron chi connectivity index (χ4n) is 3.02. The number of hydrogen-bond donors (Lipinski definition) is 2. The lowest BCUT2D eigenvalue weighted by Gasteiger charge is -2.15. The second kappa shape index (κ2) is 12.2. The van der Waals surface area contributed by atoms with Crippen LogP contribution in [0.2, 0.25) is 0 Å². The maximum atomic E-state index is 13.6. The molecule has 1 aromatic heterocycles. The Labute approximate surface area is 179 Å². The first-order valence-corrected chi connectivity index (χ1v) is 11.3. The van der Waals surface area contributed by atoms with Crippen molar-refractivity contribution in [2.75, 3.05) is 19.5 Å². The van der Waals surface area contributed by atoms with Gasteiger partial charge in [0.25, 0.3) is 0 Å². The predicted octanol–water partition coefficient (Wildman–Crippen LogP) is 6.00. The Morgan fingerprint density at radius 3 is 2.57 bits per heavy atom. The van der Waals surface area contributed by atoms with Crippen molar-refractivity contribution >= 4 is 11.9 Å². The Morgan fingerprint density at radius 1 is 1.17 bits per heavy atom. The van der Waals surface area contributed by atoms with Gasteiger partial charge in [-0.3, -0.25) is 4.72 Å². The summed E-state index contributed by atoms with van der Waals surface area (Å²) in [7, 11) is 0. The van der Waals surface area contributed by atoms with Crippen molar-refractivity contribution in [3.8, 4) is 17.0 Å². The van der Waals surface area contributed by atoms with Crippen molar-refractivity contribution in [2.24, 2.45) is 0 Å². The normalized spacial score (nSPS) is 12.9. The molecular weight excluding hydrogens is 417 g/mol. The largest absolute Gasteiger partial charge is 0.493 e. The number of aliphatic hydroxyl groups is 1. The second-order valence-electron chi connectivity index (χ2n) is 7.00. The highest BCUT2D eigenvalue weighted by atomic mass is 32.2. The van der Waals surface area contributed by atoms with Crippen LogP contribution in [-0.4, -0.2) is 29.7 Å². The van der Waals surface area contributed by atoms with Crippen LogP contribution in [0.3, 0.4) is 0 Å². The number of benzene rings is 1. The highest BCUT2D eigenvalue weighted by Gasteiger charge is 2.35. The molecule has 0 aliphatic carbocycles. The summed E-state index contributed by atoms with van der Waals surface area (Å²) in [5, 5.41) is 13.3. The van der Waals surface area contributed by atoms with E-state index in [0.717, 1.165) is 38.2 Å². The molecule has 0 saturated heterocycles. The average molecular weight is 447 g/mol. The molecule has 5 nitrogen and oxygen atoms in total. The van der Waals surface area contributed by atoms with Gasteiger partial charge in [0, 0.05) is 11.6 Å². The number of hydrogen-bond acceptors (Lipinski definition) is 6. The molecule has 30 heavy (non-hydrogen) atoms. The van der Waals surface area contributed by atoms with E-state index in [4.69, 9.17) is 9.26 Å². The Kier molecular flexibility index (Phi) is 10.0. The predicted molar refractivity (Wildman–Crippen MR) is 112 cm³/mol. The number of rotatable bonds is 13. The van der Waals surface area contributed by atoms with Gasteiger partial charge < -0.3 is 14.4 Å². The molecule has 1 atom stereocenters. The third kappa shape index (κ3) is 7.21. The summed E-state index contributed by atoms with van der Waals surface area (Å²) in [5.41, 5.74) is -0.305. The molecule has 1 unspecified atom stereocenters. The lowest BCUT2D eigenvalue weighted by Crippen LogP contribution is -2.16. The Balaban J connectivity index is 2.10. The smallest absolute Gasteiger partial charge is 0.419 e. The number of unbranched alkanes of at least 4 members (excludes halogenated alkanes) is 5. The van der Waals surface area contributed by atoms with Crippen LogP contribution in [0, 0.1) is 0 Å². The minimum atomic E-state index is -4.55. The van der Waals surface area contributed by atoms with E-state index >= 15 is 0 Å². The molecule has 0 bridgehead atoms. The van der Waals surface area contributed by atoms with E-state index in [-0.39, 0.29) is 30.2 Å². The van der Waals surface area contributed by atoms with Crippen molar-refractivity contribution in [3.05, 3.63) is 35.6 Å². The van der Waals surface area contributed by atoms with Crippen molar-refractivity contribution in [2.45, 2.75) is 57.7 Å². The van der Waals surface area contributed by atoms with Crippen LogP contribution in [0.5, 0.6) is 5.75 Å². The molecule has 0 spiro atoms. The van der Waals surface area contributed by atoms with E-state index in [1.165, 1.54) is 36.6 Å². The summed E-state index contributed by atoms with van der Waals surface area (Å²) in [6, 6.07) is 4.91. The first-order chi connectivity index (χ1) is 14.4. The monoisotopic (exact) mass is 446 g/mol. The zero-order chi connectivity index (χ0) is 22.0. The van der Waals surface area contributed by atoms with Gasteiger partial charge in [0.15, 0.2) is 5.76 Å². The summed E-state index contributed by atoms with van der Waals surface area (Å²) in [4.78, 5) is 0. The summed E-state index contributed by atoms with van der Waals surface area (Å²) < 4.78 is 54.3. The van der Waals surface area contributed by atoms with E-state index in [2.05, 4.69) is 16.8 Å². The molecule has 2 rings (SSSR count). The Bertz CT molecular complexity index is 768. The van der Waals surface area contributed by atoms with Gasteiger partial charge in [-0.25, -0.2) is 0 Å². The molecule has 0 aliphatic heterocycles. The number of halogens is 3. The van der Waals surface area contributed by atoms with Gasteiger partial charge in [0.2, 0.25) is 0 Å². The van der Waals surface area contributed by atoms with Crippen molar-refractivity contribution in [1.82, 2.24) is 9.88 Å². The molecule has 2 aromatic rings. The molecule has 168 valence electrons. The molecule has 0 amide bonds. The quantitative estimate of drug-likeness (QED) is 0.291. The van der Waals surface area contributed by atoms with E-state index in [1.807, 2.05) is 0 Å². The lowest BCUT2D eigenvalue weighted by molar-refractivity contribution is -0.138. The number of aromatic nitrogens is 1. The SMILES string of the molecule is CCCCCCCCOc1ccc(-c2cc(C(CO)NSC)on2)cc1C(F)(F)F. The minimum Gasteiger partial charge on any atom is -0.493 e. The molecule has 0 fully saturated rings. The summed E-state index contributed by atoms with van der Waals surface area (Å²) in [6.45, 7) is 2.16. The summed E-state index contributed by atoms with van der Waals surface area (Å²) in [6.07, 6.45) is 3.44.